The van der Waals surface area contributed by atoms with Gasteiger partial charge in [0.25, 0.3) is 0 Å². The zero-order chi connectivity index (χ0) is 16.9. The molecule has 2 aromatic rings. The number of amides is 1. The summed E-state index contributed by atoms with van der Waals surface area (Å²) in [6.45, 7) is 3.96. The van der Waals surface area contributed by atoms with E-state index in [2.05, 4.69) is 12.2 Å². The lowest BCUT2D eigenvalue weighted by Gasteiger charge is -2.07. The number of anilines is 1. The number of benzene rings is 2. The topological polar surface area (TPSA) is 63.2 Å². The van der Waals surface area contributed by atoms with Crippen molar-refractivity contribution in [2.45, 2.75) is 31.6 Å². The van der Waals surface area contributed by atoms with Crippen molar-refractivity contribution in [1.82, 2.24) is 0 Å². The van der Waals surface area contributed by atoms with E-state index in [9.17, 15) is 13.2 Å². The Kier molecular flexibility index (Phi) is 5.55. The SMILES string of the molecule is CCc1ccc(NC(=O)CCS(=O)(=O)c2ccc(C)cc2)cc1. The van der Waals surface area contributed by atoms with Crippen molar-refractivity contribution in [3.63, 3.8) is 0 Å². The standard InChI is InChI=1S/C18H21NO3S/c1-3-15-6-8-16(9-7-15)19-18(20)12-13-23(21,22)17-10-4-14(2)5-11-17/h4-11H,3,12-13H2,1-2H3,(H,19,20). The lowest BCUT2D eigenvalue weighted by Crippen LogP contribution is -2.17. The summed E-state index contributed by atoms with van der Waals surface area (Å²) in [5.74, 6) is -0.500. The minimum Gasteiger partial charge on any atom is -0.326 e. The van der Waals surface area contributed by atoms with Crippen LogP contribution in [0.1, 0.15) is 24.5 Å². The quantitative estimate of drug-likeness (QED) is 0.883. The molecule has 0 spiro atoms. The summed E-state index contributed by atoms with van der Waals surface area (Å²) >= 11 is 0. The summed E-state index contributed by atoms with van der Waals surface area (Å²) in [7, 11) is -3.44. The van der Waals surface area contributed by atoms with Crippen LogP contribution in [0.3, 0.4) is 0 Å². The Labute approximate surface area is 137 Å². The van der Waals surface area contributed by atoms with E-state index in [1.807, 2.05) is 31.2 Å². The monoisotopic (exact) mass is 331 g/mol. The fourth-order valence-electron chi connectivity index (χ4n) is 2.14. The van der Waals surface area contributed by atoms with Gasteiger partial charge in [-0.2, -0.15) is 0 Å². The maximum absolute atomic E-state index is 12.2. The van der Waals surface area contributed by atoms with Crippen molar-refractivity contribution in [1.29, 1.82) is 0 Å². The van der Waals surface area contributed by atoms with Gasteiger partial charge in [0, 0.05) is 12.1 Å². The van der Waals surface area contributed by atoms with Crippen LogP contribution in [0.25, 0.3) is 0 Å². The Hall–Kier alpha value is -2.14. The van der Waals surface area contributed by atoms with E-state index in [0.717, 1.165) is 12.0 Å². The smallest absolute Gasteiger partial charge is 0.225 e. The van der Waals surface area contributed by atoms with Gasteiger partial charge in [0.05, 0.1) is 10.6 Å². The van der Waals surface area contributed by atoms with E-state index in [1.54, 1.807) is 24.3 Å². The van der Waals surface area contributed by atoms with Crippen LogP contribution in [-0.2, 0) is 21.1 Å². The Morgan fingerprint density at radius 1 is 1.00 bits per heavy atom. The third-order valence-corrected chi connectivity index (χ3v) is 5.36. The van der Waals surface area contributed by atoms with E-state index in [-0.39, 0.29) is 23.0 Å². The predicted molar refractivity (Wildman–Crippen MR) is 92.3 cm³/mol. The number of rotatable bonds is 6. The highest BCUT2D eigenvalue weighted by Crippen LogP contribution is 2.14. The molecule has 0 saturated carbocycles. The van der Waals surface area contributed by atoms with E-state index >= 15 is 0 Å². The van der Waals surface area contributed by atoms with E-state index in [4.69, 9.17) is 0 Å². The van der Waals surface area contributed by atoms with Crippen LogP contribution in [0.4, 0.5) is 5.69 Å². The molecule has 0 unspecified atom stereocenters. The first kappa shape index (κ1) is 17.2. The first-order valence-corrected chi connectivity index (χ1v) is 9.24. The summed E-state index contributed by atoms with van der Waals surface area (Å²) in [6.07, 6.45) is 0.870. The molecule has 0 atom stereocenters. The molecule has 0 aliphatic heterocycles. The second kappa shape index (κ2) is 7.42. The van der Waals surface area contributed by atoms with Crippen LogP contribution in [0.5, 0.6) is 0 Å². The van der Waals surface area contributed by atoms with E-state index in [1.165, 1.54) is 5.56 Å². The van der Waals surface area contributed by atoms with Gasteiger partial charge in [-0.1, -0.05) is 36.8 Å². The second-order valence-electron chi connectivity index (χ2n) is 5.48. The highest BCUT2D eigenvalue weighted by Gasteiger charge is 2.16. The largest absolute Gasteiger partial charge is 0.326 e. The maximum atomic E-state index is 12.2. The van der Waals surface area contributed by atoms with Crippen LogP contribution in [0, 0.1) is 6.92 Å². The third-order valence-electron chi connectivity index (χ3n) is 3.62. The van der Waals surface area contributed by atoms with Crippen LogP contribution < -0.4 is 5.32 Å². The van der Waals surface area contributed by atoms with Crippen LogP contribution in [0.2, 0.25) is 0 Å². The molecule has 0 bridgehead atoms. The molecule has 0 heterocycles. The fourth-order valence-corrected chi connectivity index (χ4v) is 3.38. The normalized spacial score (nSPS) is 11.2. The van der Waals surface area contributed by atoms with E-state index in [0.29, 0.717) is 5.69 Å². The molecule has 0 aliphatic carbocycles. The molecule has 0 saturated heterocycles. The van der Waals surface area contributed by atoms with Crippen LogP contribution >= 0.6 is 0 Å². The minimum atomic E-state index is -3.44. The number of hydrogen-bond donors (Lipinski definition) is 1. The number of nitrogens with one attached hydrogen (secondary N) is 1. The van der Waals surface area contributed by atoms with Gasteiger partial charge in [-0.3, -0.25) is 4.79 Å². The van der Waals surface area contributed by atoms with Gasteiger partial charge in [-0.05, 0) is 43.2 Å². The number of carbonyl (C=O) groups is 1. The molecule has 1 N–H and O–H groups in total. The van der Waals surface area contributed by atoms with Crippen molar-refractivity contribution >= 4 is 21.4 Å². The summed E-state index contributed by atoms with van der Waals surface area (Å²) < 4.78 is 24.4. The van der Waals surface area contributed by atoms with Gasteiger partial charge < -0.3 is 5.32 Å². The maximum Gasteiger partial charge on any atom is 0.225 e. The van der Waals surface area contributed by atoms with Crippen molar-refractivity contribution in [3.8, 4) is 0 Å². The van der Waals surface area contributed by atoms with E-state index < -0.39 is 9.84 Å². The summed E-state index contributed by atoms with van der Waals surface area (Å²) in [5, 5.41) is 2.72. The van der Waals surface area contributed by atoms with Gasteiger partial charge in [-0.15, -0.1) is 0 Å². The van der Waals surface area contributed by atoms with Gasteiger partial charge in [0.2, 0.25) is 5.91 Å². The highest BCUT2D eigenvalue weighted by molar-refractivity contribution is 7.91. The zero-order valence-corrected chi connectivity index (χ0v) is 14.2. The Morgan fingerprint density at radius 2 is 1.61 bits per heavy atom. The van der Waals surface area contributed by atoms with Crippen molar-refractivity contribution in [2.24, 2.45) is 0 Å². The molecule has 0 aromatic heterocycles. The molecule has 0 radical (unpaired) electrons. The first-order chi connectivity index (χ1) is 10.9. The fraction of sp³-hybridized carbons (Fsp3) is 0.278. The molecule has 5 heteroatoms. The first-order valence-electron chi connectivity index (χ1n) is 7.59. The molecule has 0 aliphatic rings. The van der Waals surface area contributed by atoms with Crippen molar-refractivity contribution < 1.29 is 13.2 Å². The Balaban J connectivity index is 1.93. The van der Waals surface area contributed by atoms with Crippen LogP contribution in [0.15, 0.2) is 53.4 Å². The number of carbonyl (C=O) groups excluding carboxylic acids is 1. The Morgan fingerprint density at radius 3 is 2.17 bits per heavy atom. The van der Waals surface area contributed by atoms with Gasteiger partial charge in [0.15, 0.2) is 9.84 Å². The van der Waals surface area contributed by atoms with Crippen LogP contribution in [-0.4, -0.2) is 20.1 Å². The molecular weight excluding hydrogens is 310 g/mol. The lowest BCUT2D eigenvalue weighted by atomic mass is 10.1. The number of hydrogen-bond acceptors (Lipinski definition) is 3. The number of aryl methyl sites for hydroxylation is 2. The van der Waals surface area contributed by atoms with Crippen molar-refractivity contribution in [3.05, 3.63) is 59.7 Å². The molecule has 122 valence electrons. The zero-order valence-electron chi connectivity index (χ0n) is 13.4. The Bertz CT molecular complexity index is 763. The average molecular weight is 331 g/mol. The van der Waals surface area contributed by atoms with Gasteiger partial charge in [0.1, 0.15) is 0 Å². The average Bonchev–Trinajstić information content (AvgIpc) is 2.54. The minimum absolute atomic E-state index is 0.0638. The molecule has 2 rings (SSSR count). The second-order valence-corrected chi connectivity index (χ2v) is 7.59. The summed E-state index contributed by atoms with van der Waals surface area (Å²) in [4.78, 5) is 12.2. The van der Waals surface area contributed by atoms with Gasteiger partial charge in [-0.25, -0.2) is 8.42 Å². The molecule has 4 nitrogen and oxygen atoms in total. The summed E-state index contributed by atoms with van der Waals surface area (Å²) in [6, 6.07) is 14.2. The predicted octanol–water partition coefficient (Wildman–Crippen LogP) is 3.36. The molecule has 2 aromatic carbocycles. The molecule has 23 heavy (non-hydrogen) atoms. The molecule has 1 amide bonds. The molecule has 0 fully saturated rings. The third kappa shape index (κ3) is 4.93. The lowest BCUT2D eigenvalue weighted by molar-refractivity contribution is -0.115. The van der Waals surface area contributed by atoms with Gasteiger partial charge >= 0.3 is 0 Å². The molecular formula is C18H21NO3S. The highest BCUT2D eigenvalue weighted by atomic mass is 32.2. The van der Waals surface area contributed by atoms with Crippen molar-refractivity contribution in [2.75, 3.05) is 11.1 Å². The summed E-state index contributed by atoms with van der Waals surface area (Å²) in [5.41, 5.74) is 2.86. The number of sulfone groups is 1.